The van der Waals surface area contributed by atoms with Crippen LogP contribution in [0.15, 0.2) is 49.6 Å². The summed E-state index contributed by atoms with van der Waals surface area (Å²) < 4.78 is 10.1. The Morgan fingerprint density at radius 1 is 0.900 bits per heavy atom. The Morgan fingerprint density at radius 2 is 1.20 bits per heavy atom. The molecule has 1 rings (SSSR count). The van der Waals surface area contributed by atoms with Crippen molar-refractivity contribution >= 4 is 11.9 Å². The normalized spacial score (nSPS) is 27.7. The average Bonchev–Trinajstić information content (AvgIpc) is 2.45. The molecule has 4 heteroatoms. The van der Waals surface area contributed by atoms with Gasteiger partial charge in [-0.2, -0.15) is 0 Å². The molecule has 0 amide bonds. The SMILES string of the molecule is C=CCOC(=O)C1(C)C=CC(C)(C(=O)OCC=C)C=C1. The van der Waals surface area contributed by atoms with Crippen LogP contribution in [-0.4, -0.2) is 25.2 Å². The van der Waals surface area contributed by atoms with E-state index in [2.05, 4.69) is 13.2 Å². The Bertz CT molecular complexity index is 415. The molecule has 0 spiro atoms. The molecule has 0 saturated carbocycles. The number of rotatable bonds is 6. The van der Waals surface area contributed by atoms with Gasteiger partial charge in [-0.3, -0.25) is 9.59 Å². The quantitative estimate of drug-likeness (QED) is 0.552. The summed E-state index contributed by atoms with van der Waals surface area (Å²) in [5.41, 5.74) is -1.75. The molecule has 0 unspecified atom stereocenters. The Balaban J connectivity index is 2.80. The van der Waals surface area contributed by atoms with Crippen LogP contribution in [0.4, 0.5) is 0 Å². The molecule has 0 bridgehead atoms. The van der Waals surface area contributed by atoms with E-state index in [0.717, 1.165) is 0 Å². The molecule has 0 radical (unpaired) electrons. The second kappa shape index (κ2) is 6.37. The highest BCUT2D eigenvalue weighted by atomic mass is 16.5. The lowest BCUT2D eigenvalue weighted by molar-refractivity contribution is -0.150. The van der Waals surface area contributed by atoms with Crippen LogP contribution in [-0.2, 0) is 19.1 Å². The number of carbonyl (C=O) groups is 2. The minimum Gasteiger partial charge on any atom is -0.461 e. The molecule has 0 aromatic carbocycles. The van der Waals surface area contributed by atoms with Crippen molar-refractivity contribution in [3.05, 3.63) is 49.6 Å². The lowest BCUT2D eigenvalue weighted by Crippen LogP contribution is -2.33. The maximum atomic E-state index is 11.9. The molecule has 0 aromatic rings. The zero-order valence-corrected chi connectivity index (χ0v) is 11.9. The zero-order chi connectivity index (χ0) is 15.2. The first kappa shape index (κ1) is 16.0. The average molecular weight is 276 g/mol. The van der Waals surface area contributed by atoms with Gasteiger partial charge in [0.15, 0.2) is 0 Å². The van der Waals surface area contributed by atoms with Crippen molar-refractivity contribution in [2.45, 2.75) is 13.8 Å². The van der Waals surface area contributed by atoms with Gasteiger partial charge < -0.3 is 9.47 Å². The van der Waals surface area contributed by atoms with Gasteiger partial charge >= 0.3 is 11.9 Å². The highest BCUT2D eigenvalue weighted by Crippen LogP contribution is 2.35. The summed E-state index contributed by atoms with van der Waals surface area (Å²) in [7, 11) is 0. The van der Waals surface area contributed by atoms with Crippen LogP contribution in [0.25, 0.3) is 0 Å². The van der Waals surface area contributed by atoms with E-state index in [1.807, 2.05) is 0 Å². The molecule has 108 valence electrons. The van der Waals surface area contributed by atoms with Crippen LogP contribution < -0.4 is 0 Å². The fourth-order valence-electron chi connectivity index (χ4n) is 1.66. The third-order valence-electron chi connectivity index (χ3n) is 3.10. The van der Waals surface area contributed by atoms with Crippen molar-refractivity contribution in [1.29, 1.82) is 0 Å². The Morgan fingerprint density at radius 3 is 1.45 bits per heavy atom. The fourth-order valence-corrected chi connectivity index (χ4v) is 1.66. The first-order chi connectivity index (χ1) is 9.38. The highest BCUT2D eigenvalue weighted by molar-refractivity contribution is 5.86. The van der Waals surface area contributed by atoms with Gasteiger partial charge in [-0.25, -0.2) is 0 Å². The molecule has 0 fully saturated rings. The van der Waals surface area contributed by atoms with Gasteiger partial charge in [-0.15, -0.1) is 0 Å². The molecule has 0 saturated heterocycles. The number of ether oxygens (including phenoxy) is 2. The van der Waals surface area contributed by atoms with Crippen molar-refractivity contribution in [2.75, 3.05) is 13.2 Å². The summed E-state index contributed by atoms with van der Waals surface area (Å²) >= 11 is 0. The molecule has 0 heterocycles. The Labute approximate surface area is 119 Å². The molecular weight excluding hydrogens is 256 g/mol. The number of hydrogen-bond donors (Lipinski definition) is 0. The Hall–Kier alpha value is -2.10. The lowest BCUT2D eigenvalue weighted by atomic mass is 9.77. The van der Waals surface area contributed by atoms with E-state index in [-0.39, 0.29) is 25.2 Å². The van der Waals surface area contributed by atoms with E-state index >= 15 is 0 Å². The second-order valence-electron chi connectivity index (χ2n) is 5.01. The summed E-state index contributed by atoms with van der Waals surface area (Å²) in [5, 5.41) is 0. The molecule has 0 aromatic heterocycles. The zero-order valence-electron chi connectivity index (χ0n) is 11.9. The fraction of sp³-hybridized carbons (Fsp3) is 0.375. The molecule has 0 aliphatic heterocycles. The van der Waals surface area contributed by atoms with Crippen LogP contribution >= 0.6 is 0 Å². The van der Waals surface area contributed by atoms with Gasteiger partial charge in [-0.1, -0.05) is 49.6 Å². The maximum Gasteiger partial charge on any atom is 0.319 e. The van der Waals surface area contributed by atoms with E-state index in [9.17, 15) is 9.59 Å². The van der Waals surface area contributed by atoms with Crippen molar-refractivity contribution < 1.29 is 19.1 Å². The first-order valence-corrected chi connectivity index (χ1v) is 6.35. The standard InChI is InChI=1S/C16H20O4/c1-5-11-19-13(17)15(3)7-9-16(4,10-8-15)14(18)20-12-6-2/h5-10H,1-2,11-12H2,3-4H3. The van der Waals surface area contributed by atoms with Crippen LogP contribution in [0.2, 0.25) is 0 Å². The van der Waals surface area contributed by atoms with Crippen molar-refractivity contribution in [2.24, 2.45) is 10.8 Å². The third-order valence-corrected chi connectivity index (χ3v) is 3.10. The van der Waals surface area contributed by atoms with E-state index in [0.29, 0.717) is 0 Å². The van der Waals surface area contributed by atoms with E-state index in [1.165, 1.54) is 12.2 Å². The second-order valence-corrected chi connectivity index (χ2v) is 5.01. The molecule has 0 atom stereocenters. The number of esters is 2. The molecular formula is C16H20O4. The molecule has 20 heavy (non-hydrogen) atoms. The summed E-state index contributed by atoms with van der Waals surface area (Å²) in [4.78, 5) is 23.9. The third kappa shape index (κ3) is 3.47. The molecule has 1 aliphatic rings. The predicted molar refractivity (Wildman–Crippen MR) is 76.8 cm³/mol. The monoisotopic (exact) mass is 276 g/mol. The van der Waals surface area contributed by atoms with Gasteiger partial charge in [0.25, 0.3) is 0 Å². The minimum atomic E-state index is -0.874. The van der Waals surface area contributed by atoms with Crippen LogP contribution in [0.5, 0.6) is 0 Å². The minimum absolute atomic E-state index is 0.161. The van der Waals surface area contributed by atoms with Gasteiger partial charge in [0, 0.05) is 0 Å². The van der Waals surface area contributed by atoms with Gasteiger partial charge in [0.1, 0.15) is 24.0 Å². The van der Waals surface area contributed by atoms with Gasteiger partial charge in [-0.05, 0) is 13.8 Å². The topological polar surface area (TPSA) is 52.6 Å². The van der Waals surface area contributed by atoms with Crippen molar-refractivity contribution in [3.63, 3.8) is 0 Å². The summed E-state index contributed by atoms with van der Waals surface area (Å²) in [5.74, 6) is -0.766. The smallest absolute Gasteiger partial charge is 0.319 e. The highest BCUT2D eigenvalue weighted by Gasteiger charge is 2.38. The summed E-state index contributed by atoms with van der Waals surface area (Å²) in [6.07, 6.45) is 9.66. The van der Waals surface area contributed by atoms with Crippen molar-refractivity contribution in [1.82, 2.24) is 0 Å². The van der Waals surface area contributed by atoms with Crippen molar-refractivity contribution in [3.8, 4) is 0 Å². The van der Waals surface area contributed by atoms with Gasteiger partial charge in [0.05, 0.1) is 0 Å². The predicted octanol–water partition coefficient (Wildman–Crippen LogP) is 2.58. The largest absolute Gasteiger partial charge is 0.461 e. The molecule has 1 aliphatic carbocycles. The van der Waals surface area contributed by atoms with E-state index in [1.54, 1.807) is 38.2 Å². The van der Waals surface area contributed by atoms with Gasteiger partial charge in [0.2, 0.25) is 0 Å². The van der Waals surface area contributed by atoms with Crippen LogP contribution in [0.1, 0.15) is 13.8 Å². The first-order valence-electron chi connectivity index (χ1n) is 6.35. The number of carbonyl (C=O) groups excluding carboxylic acids is 2. The van der Waals surface area contributed by atoms with E-state index < -0.39 is 10.8 Å². The van der Waals surface area contributed by atoms with Crippen LogP contribution in [0.3, 0.4) is 0 Å². The maximum absolute atomic E-state index is 11.9. The lowest BCUT2D eigenvalue weighted by Gasteiger charge is -2.29. The number of hydrogen-bond acceptors (Lipinski definition) is 4. The van der Waals surface area contributed by atoms with E-state index in [4.69, 9.17) is 9.47 Å². The molecule has 0 N–H and O–H groups in total. The molecule has 4 nitrogen and oxygen atoms in total. The summed E-state index contributed by atoms with van der Waals surface area (Å²) in [6, 6.07) is 0. The summed E-state index contributed by atoms with van der Waals surface area (Å²) in [6.45, 7) is 10.8. The Kier molecular flexibility index (Phi) is 5.08. The van der Waals surface area contributed by atoms with Crippen LogP contribution in [0, 0.1) is 10.8 Å².